The standard InChI is InChI=1S/C22H22N2O3/c1-24-11-9-22-14-6-7-16(25)21(22)27-20-17(26-18-4-2-3-10-23-18)8-5-13(19(20)22)12-15(14)24/h2-8,10,14-16,21,25H,9,11-12H2,1H3/t14-,15+,16-,21-,22-/m0/s1. The monoisotopic (exact) mass is 362 g/mol. The van der Waals surface area contributed by atoms with Crippen LogP contribution >= 0.6 is 0 Å². The molecule has 0 amide bonds. The highest BCUT2D eigenvalue weighted by molar-refractivity contribution is 5.62. The molecule has 5 heteroatoms. The van der Waals surface area contributed by atoms with Gasteiger partial charge in [0.15, 0.2) is 11.5 Å². The van der Waals surface area contributed by atoms with Crippen LogP contribution in [-0.4, -0.2) is 46.8 Å². The Kier molecular flexibility index (Phi) is 3.09. The molecule has 6 rings (SSSR count). The van der Waals surface area contributed by atoms with Gasteiger partial charge in [0, 0.05) is 35.2 Å². The molecule has 1 spiro atoms. The van der Waals surface area contributed by atoms with Crippen LogP contribution in [0.1, 0.15) is 17.5 Å². The Morgan fingerprint density at radius 2 is 2.19 bits per heavy atom. The second-order valence-electron chi connectivity index (χ2n) is 8.18. The van der Waals surface area contributed by atoms with Crippen molar-refractivity contribution in [2.24, 2.45) is 5.92 Å². The minimum Gasteiger partial charge on any atom is -0.482 e. The van der Waals surface area contributed by atoms with E-state index in [9.17, 15) is 5.11 Å². The first-order valence-corrected chi connectivity index (χ1v) is 9.67. The molecular formula is C22H22N2O3. The van der Waals surface area contributed by atoms with Gasteiger partial charge in [-0.25, -0.2) is 4.98 Å². The number of likely N-dealkylation sites (N-methyl/N-ethyl adjacent to an activating group) is 1. The topological polar surface area (TPSA) is 54.8 Å². The third-order valence-corrected chi connectivity index (χ3v) is 6.99. The van der Waals surface area contributed by atoms with Gasteiger partial charge >= 0.3 is 0 Å². The second-order valence-corrected chi connectivity index (χ2v) is 8.18. The van der Waals surface area contributed by atoms with Crippen molar-refractivity contribution >= 4 is 0 Å². The zero-order valence-electron chi connectivity index (χ0n) is 15.2. The molecule has 1 fully saturated rings. The lowest BCUT2D eigenvalue weighted by Crippen LogP contribution is -2.64. The van der Waals surface area contributed by atoms with E-state index >= 15 is 0 Å². The first kappa shape index (κ1) is 15.7. The van der Waals surface area contributed by atoms with E-state index in [0.29, 0.717) is 23.6 Å². The maximum Gasteiger partial charge on any atom is 0.219 e. The average Bonchev–Trinajstić information content (AvgIpc) is 3.04. The molecular weight excluding hydrogens is 340 g/mol. The zero-order valence-corrected chi connectivity index (χ0v) is 15.2. The summed E-state index contributed by atoms with van der Waals surface area (Å²) < 4.78 is 12.5. The third-order valence-electron chi connectivity index (χ3n) is 6.99. The van der Waals surface area contributed by atoms with E-state index in [4.69, 9.17) is 9.47 Å². The number of aromatic nitrogens is 1. The van der Waals surface area contributed by atoms with E-state index in [2.05, 4.69) is 29.1 Å². The van der Waals surface area contributed by atoms with Crippen LogP contribution in [0, 0.1) is 5.92 Å². The Hall–Kier alpha value is -2.37. The van der Waals surface area contributed by atoms with Crippen molar-refractivity contribution in [2.75, 3.05) is 13.6 Å². The van der Waals surface area contributed by atoms with Crippen molar-refractivity contribution in [3.05, 3.63) is 59.8 Å². The number of nitrogens with zero attached hydrogens (tertiary/aromatic N) is 2. The number of hydrogen-bond donors (Lipinski definition) is 1. The van der Waals surface area contributed by atoms with Gasteiger partial charge in [-0.1, -0.05) is 24.3 Å². The first-order valence-electron chi connectivity index (χ1n) is 9.67. The number of rotatable bonds is 2. The Bertz CT molecular complexity index is 944. The van der Waals surface area contributed by atoms with Crippen LogP contribution in [0.25, 0.3) is 0 Å². The summed E-state index contributed by atoms with van der Waals surface area (Å²) in [6.07, 6.45) is 7.04. The summed E-state index contributed by atoms with van der Waals surface area (Å²) in [5.74, 6) is 2.42. The third kappa shape index (κ3) is 1.93. The second kappa shape index (κ2) is 5.33. The molecule has 4 aliphatic rings. The fraction of sp³-hybridized carbons (Fsp3) is 0.409. The smallest absolute Gasteiger partial charge is 0.219 e. The van der Waals surface area contributed by atoms with Gasteiger partial charge in [0.05, 0.1) is 0 Å². The predicted molar refractivity (Wildman–Crippen MR) is 100 cm³/mol. The summed E-state index contributed by atoms with van der Waals surface area (Å²) >= 11 is 0. The summed E-state index contributed by atoms with van der Waals surface area (Å²) in [4.78, 5) is 6.75. The zero-order chi connectivity index (χ0) is 18.2. The van der Waals surface area contributed by atoms with Crippen molar-refractivity contribution < 1.29 is 14.6 Å². The van der Waals surface area contributed by atoms with E-state index in [0.717, 1.165) is 25.1 Å². The molecule has 0 saturated carbocycles. The lowest BCUT2D eigenvalue weighted by atomic mass is 9.53. The number of aliphatic hydroxyl groups excluding tert-OH is 1. The van der Waals surface area contributed by atoms with Crippen LogP contribution in [0.3, 0.4) is 0 Å². The number of aliphatic hydroxyl groups is 1. The lowest BCUT2D eigenvalue weighted by Gasteiger charge is -2.56. The minimum absolute atomic E-state index is 0.155. The maximum absolute atomic E-state index is 10.8. The van der Waals surface area contributed by atoms with Crippen molar-refractivity contribution in [1.82, 2.24) is 9.88 Å². The average molecular weight is 362 g/mol. The van der Waals surface area contributed by atoms with Crippen LogP contribution < -0.4 is 9.47 Å². The molecule has 5 atom stereocenters. The quantitative estimate of drug-likeness (QED) is 0.833. The molecule has 2 bridgehead atoms. The molecule has 2 aromatic rings. The number of piperidine rings is 1. The largest absolute Gasteiger partial charge is 0.482 e. The molecule has 138 valence electrons. The van der Waals surface area contributed by atoms with Crippen molar-refractivity contribution in [3.63, 3.8) is 0 Å². The highest BCUT2D eigenvalue weighted by Gasteiger charge is 2.64. The number of pyridine rings is 1. The Balaban J connectivity index is 1.54. The maximum atomic E-state index is 10.8. The van der Waals surface area contributed by atoms with Gasteiger partial charge in [0.1, 0.15) is 12.2 Å². The molecule has 2 aliphatic heterocycles. The lowest BCUT2D eigenvalue weighted by molar-refractivity contribution is -0.0453. The molecule has 0 unspecified atom stereocenters. The van der Waals surface area contributed by atoms with Crippen LogP contribution in [0.2, 0.25) is 0 Å². The van der Waals surface area contributed by atoms with Gasteiger partial charge in [0.25, 0.3) is 0 Å². The van der Waals surface area contributed by atoms with Gasteiger partial charge in [-0.3, -0.25) is 0 Å². The van der Waals surface area contributed by atoms with Crippen molar-refractivity contribution in [2.45, 2.75) is 36.5 Å². The fourth-order valence-corrected chi connectivity index (χ4v) is 5.83. The Labute approximate surface area is 158 Å². The van der Waals surface area contributed by atoms with E-state index in [1.807, 2.05) is 30.3 Å². The van der Waals surface area contributed by atoms with E-state index in [1.54, 1.807) is 6.20 Å². The van der Waals surface area contributed by atoms with Gasteiger partial charge in [-0.05, 0) is 44.1 Å². The first-order chi connectivity index (χ1) is 13.2. The molecule has 1 saturated heterocycles. The van der Waals surface area contributed by atoms with Crippen molar-refractivity contribution in [3.8, 4) is 17.4 Å². The van der Waals surface area contributed by atoms with Crippen LogP contribution in [0.15, 0.2) is 48.7 Å². The predicted octanol–water partition coefficient (Wildman–Crippen LogP) is 2.68. The van der Waals surface area contributed by atoms with Crippen LogP contribution in [0.5, 0.6) is 17.4 Å². The molecule has 3 heterocycles. The van der Waals surface area contributed by atoms with E-state index in [1.165, 1.54) is 11.1 Å². The Morgan fingerprint density at radius 1 is 1.26 bits per heavy atom. The summed E-state index contributed by atoms with van der Waals surface area (Å²) in [5.41, 5.74) is 2.44. The summed E-state index contributed by atoms with van der Waals surface area (Å²) in [7, 11) is 2.21. The molecule has 1 aromatic heterocycles. The number of hydrogen-bond acceptors (Lipinski definition) is 5. The molecule has 0 radical (unpaired) electrons. The number of ether oxygens (including phenoxy) is 2. The Morgan fingerprint density at radius 3 is 3.04 bits per heavy atom. The van der Waals surface area contributed by atoms with Gasteiger partial charge in [-0.15, -0.1) is 0 Å². The number of benzene rings is 1. The fourth-order valence-electron chi connectivity index (χ4n) is 5.83. The van der Waals surface area contributed by atoms with Crippen LogP contribution in [0.4, 0.5) is 0 Å². The SMILES string of the molecule is CN1CC[C@]23c4c5ccc(Oc6ccccn6)c4O[C@H]2[C@@H](O)C=C[C@H]3[C@H]1C5. The van der Waals surface area contributed by atoms with Gasteiger partial charge in [0.2, 0.25) is 5.88 Å². The van der Waals surface area contributed by atoms with E-state index in [-0.39, 0.29) is 11.5 Å². The van der Waals surface area contributed by atoms with E-state index < -0.39 is 6.10 Å². The van der Waals surface area contributed by atoms with Gasteiger partial charge < -0.3 is 19.5 Å². The molecule has 2 aliphatic carbocycles. The number of likely N-dealkylation sites (tertiary alicyclic amines) is 1. The summed E-state index contributed by atoms with van der Waals surface area (Å²) in [6.45, 7) is 1.02. The molecule has 27 heavy (non-hydrogen) atoms. The summed E-state index contributed by atoms with van der Waals surface area (Å²) in [5, 5.41) is 10.8. The highest BCUT2D eigenvalue weighted by atomic mass is 16.5. The minimum atomic E-state index is -0.591. The van der Waals surface area contributed by atoms with Crippen molar-refractivity contribution in [1.29, 1.82) is 0 Å². The van der Waals surface area contributed by atoms with Crippen LogP contribution in [-0.2, 0) is 11.8 Å². The molecule has 1 N–H and O–H groups in total. The normalized spacial score (nSPS) is 35.5. The molecule has 1 aromatic carbocycles. The van der Waals surface area contributed by atoms with Gasteiger partial charge in [-0.2, -0.15) is 0 Å². The highest BCUT2D eigenvalue weighted by Crippen LogP contribution is 2.62. The summed E-state index contributed by atoms with van der Waals surface area (Å²) in [6, 6.07) is 10.2. The molecule has 5 nitrogen and oxygen atoms in total.